The van der Waals surface area contributed by atoms with Gasteiger partial charge in [0.25, 0.3) is 5.91 Å². The fourth-order valence-electron chi connectivity index (χ4n) is 3.90. The topological polar surface area (TPSA) is 88.3 Å². The third-order valence-electron chi connectivity index (χ3n) is 5.29. The van der Waals surface area contributed by atoms with Crippen LogP contribution in [0.25, 0.3) is 11.4 Å². The fourth-order valence-corrected chi connectivity index (χ4v) is 4.03. The molecule has 8 heteroatoms. The van der Waals surface area contributed by atoms with Gasteiger partial charge in [-0.2, -0.15) is 4.98 Å². The molecule has 2 aromatic carbocycles. The maximum Gasteiger partial charge on any atom is 0.325 e. The van der Waals surface area contributed by atoms with E-state index in [1.165, 1.54) is 0 Å². The molecule has 1 fully saturated rings. The van der Waals surface area contributed by atoms with Crippen molar-refractivity contribution in [2.24, 2.45) is 0 Å². The van der Waals surface area contributed by atoms with E-state index in [0.29, 0.717) is 17.3 Å². The van der Waals surface area contributed by atoms with Gasteiger partial charge < -0.3 is 9.84 Å². The van der Waals surface area contributed by atoms with E-state index in [2.05, 4.69) is 15.5 Å². The van der Waals surface area contributed by atoms with E-state index < -0.39 is 11.6 Å². The molecule has 1 saturated heterocycles. The lowest BCUT2D eigenvalue weighted by Crippen LogP contribution is -2.41. The van der Waals surface area contributed by atoms with Crippen molar-refractivity contribution in [2.75, 3.05) is 0 Å². The number of aromatic nitrogens is 2. The Labute approximate surface area is 165 Å². The summed E-state index contributed by atoms with van der Waals surface area (Å²) in [6, 6.07) is 14.3. The predicted molar refractivity (Wildman–Crippen MR) is 100 cm³/mol. The van der Waals surface area contributed by atoms with Crippen LogP contribution < -0.4 is 5.32 Å². The van der Waals surface area contributed by atoms with Gasteiger partial charge >= 0.3 is 6.03 Å². The molecule has 140 valence electrons. The number of rotatable bonds is 3. The molecule has 3 amide bonds. The molecule has 2 heterocycles. The molecule has 3 aromatic rings. The average Bonchev–Trinajstić information content (AvgIpc) is 3.37. The highest BCUT2D eigenvalue weighted by atomic mass is 35.5. The number of nitrogens with one attached hydrogen (secondary N) is 1. The Kier molecular flexibility index (Phi) is 3.73. The number of hydrogen-bond acceptors (Lipinski definition) is 5. The molecule has 1 N–H and O–H groups in total. The lowest BCUT2D eigenvalue weighted by atomic mass is 9.92. The number of fused-ring (bicyclic) bond motifs is 2. The smallest absolute Gasteiger partial charge is 0.325 e. The van der Waals surface area contributed by atoms with Crippen LogP contribution in [0.1, 0.15) is 23.4 Å². The summed E-state index contributed by atoms with van der Waals surface area (Å²) in [5.41, 5.74) is 1.69. The van der Waals surface area contributed by atoms with Crippen LogP contribution in [0.15, 0.2) is 53.1 Å². The van der Waals surface area contributed by atoms with Crippen LogP contribution >= 0.6 is 11.6 Å². The average molecular weight is 395 g/mol. The summed E-state index contributed by atoms with van der Waals surface area (Å²) in [6.07, 6.45) is 1.30. The Morgan fingerprint density at radius 3 is 2.75 bits per heavy atom. The molecule has 1 aliphatic heterocycles. The van der Waals surface area contributed by atoms with Crippen molar-refractivity contribution < 1.29 is 14.1 Å². The molecule has 0 radical (unpaired) electrons. The second kappa shape index (κ2) is 6.17. The van der Waals surface area contributed by atoms with Gasteiger partial charge in [-0.3, -0.25) is 9.69 Å². The lowest BCUT2D eigenvalue weighted by Gasteiger charge is -2.21. The number of halogens is 1. The number of benzene rings is 2. The van der Waals surface area contributed by atoms with E-state index in [4.69, 9.17) is 16.1 Å². The monoisotopic (exact) mass is 394 g/mol. The SMILES string of the molecule is O=C1NC2(CCc3ccccc32)C(=O)N1Cc1nc(-c2ccc(Cl)cc2)no1. The van der Waals surface area contributed by atoms with Crippen LogP contribution in [0, 0.1) is 0 Å². The van der Waals surface area contributed by atoms with E-state index in [0.717, 1.165) is 28.0 Å². The zero-order chi connectivity index (χ0) is 19.3. The van der Waals surface area contributed by atoms with Crippen LogP contribution in [0.5, 0.6) is 0 Å². The molecule has 1 atom stereocenters. The summed E-state index contributed by atoms with van der Waals surface area (Å²) in [7, 11) is 0. The maximum atomic E-state index is 13.2. The summed E-state index contributed by atoms with van der Waals surface area (Å²) in [6.45, 7) is -0.0742. The molecule has 1 aromatic heterocycles. The Balaban J connectivity index is 1.40. The van der Waals surface area contributed by atoms with E-state index in [-0.39, 0.29) is 18.3 Å². The number of carbonyl (C=O) groups excluding carboxylic acids is 2. The first-order chi connectivity index (χ1) is 13.6. The second-order valence-corrected chi connectivity index (χ2v) is 7.34. The maximum absolute atomic E-state index is 13.2. The van der Waals surface area contributed by atoms with Crippen molar-refractivity contribution >= 4 is 23.5 Å². The van der Waals surface area contributed by atoms with Crippen molar-refractivity contribution in [1.29, 1.82) is 0 Å². The van der Waals surface area contributed by atoms with Crippen LogP contribution in [0.3, 0.4) is 0 Å². The highest BCUT2D eigenvalue weighted by Crippen LogP contribution is 2.41. The minimum absolute atomic E-state index is 0.0742. The zero-order valence-electron chi connectivity index (χ0n) is 14.7. The van der Waals surface area contributed by atoms with Gasteiger partial charge in [-0.25, -0.2) is 4.79 Å². The van der Waals surface area contributed by atoms with Gasteiger partial charge in [0.15, 0.2) is 0 Å². The van der Waals surface area contributed by atoms with Gasteiger partial charge in [-0.1, -0.05) is 41.0 Å². The molecule has 1 aliphatic carbocycles. The summed E-state index contributed by atoms with van der Waals surface area (Å²) >= 11 is 5.89. The van der Waals surface area contributed by atoms with Gasteiger partial charge in [0.1, 0.15) is 12.1 Å². The number of imide groups is 1. The molecule has 5 rings (SSSR count). The number of hydrogen-bond donors (Lipinski definition) is 1. The minimum atomic E-state index is -0.993. The number of aryl methyl sites for hydroxylation is 1. The van der Waals surface area contributed by atoms with E-state index in [1.807, 2.05) is 24.3 Å². The van der Waals surface area contributed by atoms with Crippen molar-refractivity contribution in [2.45, 2.75) is 24.9 Å². The Morgan fingerprint density at radius 2 is 1.93 bits per heavy atom. The van der Waals surface area contributed by atoms with Crippen molar-refractivity contribution in [1.82, 2.24) is 20.4 Å². The minimum Gasteiger partial charge on any atom is -0.337 e. The van der Waals surface area contributed by atoms with Crippen molar-refractivity contribution in [3.63, 3.8) is 0 Å². The Morgan fingerprint density at radius 1 is 1.14 bits per heavy atom. The molecule has 2 aliphatic rings. The first kappa shape index (κ1) is 16.9. The molecule has 0 bridgehead atoms. The van der Waals surface area contributed by atoms with Gasteiger partial charge in [-0.05, 0) is 48.2 Å². The molecule has 7 nitrogen and oxygen atoms in total. The van der Waals surface area contributed by atoms with E-state index >= 15 is 0 Å². The highest BCUT2D eigenvalue weighted by molar-refractivity contribution is 6.30. The molecule has 28 heavy (non-hydrogen) atoms. The number of urea groups is 1. The summed E-state index contributed by atoms with van der Waals surface area (Å²) in [4.78, 5) is 31.2. The van der Waals surface area contributed by atoms with Crippen LogP contribution in [-0.2, 0) is 23.3 Å². The largest absolute Gasteiger partial charge is 0.337 e. The molecule has 1 unspecified atom stereocenters. The predicted octanol–water partition coefficient (Wildman–Crippen LogP) is 3.28. The molecular weight excluding hydrogens is 380 g/mol. The number of amides is 3. The van der Waals surface area contributed by atoms with Gasteiger partial charge in [0.05, 0.1) is 0 Å². The number of nitrogens with zero attached hydrogens (tertiary/aromatic N) is 3. The summed E-state index contributed by atoms with van der Waals surface area (Å²) in [5.74, 6) is 0.283. The fraction of sp³-hybridized carbons (Fsp3) is 0.200. The van der Waals surface area contributed by atoms with Crippen LogP contribution in [0.2, 0.25) is 5.02 Å². The van der Waals surface area contributed by atoms with E-state index in [1.54, 1.807) is 24.3 Å². The Bertz CT molecular complexity index is 1090. The lowest BCUT2D eigenvalue weighted by molar-refractivity contribution is -0.132. The standard InChI is InChI=1S/C20H15ClN4O3/c21-14-7-5-13(6-8-14)17-22-16(28-24-17)11-25-18(26)20(23-19(25)27)10-9-12-3-1-2-4-15(12)20/h1-8H,9-11H2,(H,23,27). The normalized spacial score (nSPS) is 20.7. The van der Waals surface area contributed by atoms with E-state index in [9.17, 15) is 9.59 Å². The highest BCUT2D eigenvalue weighted by Gasteiger charge is 2.55. The Hall–Kier alpha value is -3.19. The van der Waals surface area contributed by atoms with Crippen molar-refractivity contribution in [3.05, 3.63) is 70.6 Å². The number of carbonyl (C=O) groups is 2. The first-order valence-electron chi connectivity index (χ1n) is 8.88. The third kappa shape index (κ3) is 2.51. The first-order valence-corrected chi connectivity index (χ1v) is 9.26. The summed E-state index contributed by atoms with van der Waals surface area (Å²) in [5, 5.41) is 7.42. The van der Waals surface area contributed by atoms with Crippen molar-refractivity contribution in [3.8, 4) is 11.4 Å². The van der Waals surface area contributed by atoms with Gasteiger partial charge in [-0.15, -0.1) is 0 Å². The summed E-state index contributed by atoms with van der Waals surface area (Å²) < 4.78 is 5.26. The van der Waals surface area contributed by atoms with Crippen LogP contribution in [0.4, 0.5) is 4.79 Å². The quantitative estimate of drug-likeness (QED) is 0.688. The molecule has 1 spiro atoms. The molecule has 0 saturated carbocycles. The zero-order valence-corrected chi connectivity index (χ0v) is 15.4. The second-order valence-electron chi connectivity index (χ2n) is 6.90. The molecular formula is C20H15ClN4O3. The third-order valence-corrected chi connectivity index (χ3v) is 5.54. The van der Waals surface area contributed by atoms with Crippen LogP contribution in [-0.4, -0.2) is 27.0 Å². The van der Waals surface area contributed by atoms with Gasteiger partial charge in [0, 0.05) is 10.6 Å². The van der Waals surface area contributed by atoms with Gasteiger partial charge in [0.2, 0.25) is 11.7 Å².